The van der Waals surface area contributed by atoms with Gasteiger partial charge in [0.15, 0.2) is 0 Å². The lowest BCUT2D eigenvalue weighted by Crippen LogP contribution is -2.32. The molecule has 9 aromatic carbocycles. The zero-order chi connectivity index (χ0) is 56.0. The molecule has 0 atom stereocenters. The summed E-state index contributed by atoms with van der Waals surface area (Å²) >= 11 is 0. The number of ether oxygens (including phenoxy) is 1. The maximum atomic E-state index is 9.51. The first-order chi connectivity index (χ1) is 38.9. The Labute approximate surface area is 452 Å². The molecule has 0 saturated carbocycles. The normalized spacial score (nSPS) is 15.1. The highest BCUT2D eigenvalue weighted by molar-refractivity contribution is 6.10. The number of hydrogen-bond acceptors (Lipinski definition) is 2. The Morgan fingerprint density at radius 2 is 1.17 bits per heavy atom. The molecule has 3 heterocycles. The van der Waals surface area contributed by atoms with Crippen LogP contribution in [0.4, 0.5) is 0 Å². The third-order valence-electron chi connectivity index (χ3n) is 16.0. The Hall–Kier alpha value is -8.80. The van der Waals surface area contributed by atoms with E-state index in [2.05, 4.69) is 187 Å². The van der Waals surface area contributed by atoms with Crippen LogP contribution in [0, 0.1) is 6.33 Å². The second-order valence-corrected chi connectivity index (χ2v) is 22.9. The number of benzene rings is 9. The predicted molar refractivity (Wildman–Crippen MR) is 312 cm³/mol. The lowest BCUT2D eigenvalue weighted by molar-refractivity contribution is -0.571. The molecule has 368 valence electrons. The van der Waals surface area contributed by atoms with E-state index >= 15 is 0 Å². The smallest absolute Gasteiger partial charge is 0.269 e. The molecule has 0 amide bonds. The molecule has 0 unspecified atom stereocenters. The van der Waals surface area contributed by atoms with Gasteiger partial charge in [-0.05, 0) is 150 Å². The summed E-state index contributed by atoms with van der Waals surface area (Å²) in [7, 11) is 0. The number of pyridine rings is 1. The molecule has 5 nitrogen and oxygen atoms in total. The van der Waals surface area contributed by atoms with Crippen molar-refractivity contribution in [2.24, 2.45) is 0 Å². The minimum absolute atomic E-state index is 0.0326. The van der Waals surface area contributed by atoms with Crippen LogP contribution in [-0.2, 0) is 16.2 Å². The topological polar surface area (TPSA) is 35.9 Å². The van der Waals surface area contributed by atoms with Crippen LogP contribution in [-0.4, -0.2) is 14.1 Å². The predicted octanol–water partition coefficient (Wildman–Crippen LogP) is 17.9. The number of imidazole rings is 1. The minimum atomic E-state index is -0.445. The highest BCUT2D eigenvalue weighted by Gasteiger charge is 2.43. The van der Waals surface area contributed by atoms with Crippen molar-refractivity contribution in [3.8, 4) is 84.3 Å². The summed E-state index contributed by atoms with van der Waals surface area (Å²) in [6, 6.07) is 59.2. The highest BCUT2D eigenvalue weighted by atomic mass is 16.5. The van der Waals surface area contributed by atoms with E-state index in [0.717, 1.165) is 95.3 Å². The fourth-order valence-corrected chi connectivity index (χ4v) is 12.8. The number of hydrogen-bond donors (Lipinski definition) is 0. The second kappa shape index (κ2) is 16.9. The summed E-state index contributed by atoms with van der Waals surface area (Å²) in [5.41, 5.74) is 17.6. The quantitative estimate of drug-likeness (QED) is 0.123. The van der Waals surface area contributed by atoms with Gasteiger partial charge in [0.1, 0.15) is 17.3 Å². The van der Waals surface area contributed by atoms with Crippen molar-refractivity contribution >= 4 is 32.8 Å². The highest BCUT2D eigenvalue weighted by Crippen LogP contribution is 2.56. The SMILES string of the molecule is [2H]c1c([2H])c([2H])c(-c2ccc3c(c2-[n+]2[c-]n(-c4cccc(Oc5ccc6c7ccccc7n(-c7cc(C(C)(C)C)ccn7)c6c5)c4)c4ccccc42)-c2ccccc2-c2cc4c(cc2-c2ccccc2-3)C(C)(C)CC4(C)C)c([2H])c1[2H]. The zero-order valence-corrected chi connectivity index (χ0v) is 43.7. The van der Waals surface area contributed by atoms with Crippen LogP contribution in [0.2, 0.25) is 0 Å². The summed E-state index contributed by atoms with van der Waals surface area (Å²) < 4.78 is 58.8. The van der Waals surface area contributed by atoms with Gasteiger partial charge >= 0.3 is 0 Å². The molecule has 12 aromatic rings. The number of aromatic nitrogens is 4. The summed E-state index contributed by atoms with van der Waals surface area (Å²) in [6.45, 7) is 16.1. The molecule has 0 saturated heterocycles. The number of para-hydroxylation sites is 3. The van der Waals surface area contributed by atoms with Crippen molar-refractivity contribution in [1.82, 2.24) is 14.1 Å². The van der Waals surface area contributed by atoms with Gasteiger partial charge in [-0.3, -0.25) is 13.7 Å². The fraction of sp³-hybridized carbons (Fsp3) is 0.155. The van der Waals surface area contributed by atoms with Crippen LogP contribution in [0.15, 0.2) is 212 Å². The van der Waals surface area contributed by atoms with Gasteiger partial charge in [-0.15, -0.1) is 0 Å². The molecular weight excluding hydrogens is 925 g/mol. The first kappa shape index (κ1) is 40.6. The minimum Gasteiger partial charge on any atom is -0.458 e. The van der Waals surface area contributed by atoms with Gasteiger partial charge in [0.25, 0.3) is 6.33 Å². The largest absolute Gasteiger partial charge is 0.458 e. The molecule has 0 fully saturated rings. The molecule has 0 radical (unpaired) electrons. The van der Waals surface area contributed by atoms with Crippen molar-refractivity contribution in [1.29, 1.82) is 0 Å². The fourth-order valence-electron chi connectivity index (χ4n) is 12.8. The lowest BCUT2D eigenvalue weighted by Gasteiger charge is -2.28. The van der Waals surface area contributed by atoms with Crippen molar-refractivity contribution < 1.29 is 16.2 Å². The second-order valence-electron chi connectivity index (χ2n) is 22.9. The molecule has 2 aliphatic carbocycles. The van der Waals surface area contributed by atoms with Crippen molar-refractivity contribution in [3.05, 3.63) is 235 Å². The van der Waals surface area contributed by atoms with Crippen molar-refractivity contribution in [2.45, 2.75) is 71.1 Å². The third kappa shape index (κ3) is 7.20. The van der Waals surface area contributed by atoms with Gasteiger partial charge in [-0.25, -0.2) is 4.98 Å². The Morgan fingerprint density at radius 3 is 1.91 bits per heavy atom. The van der Waals surface area contributed by atoms with Crippen LogP contribution in [0.5, 0.6) is 11.5 Å². The monoisotopic (exact) mass is 987 g/mol. The van der Waals surface area contributed by atoms with Gasteiger partial charge in [0, 0.05) is 28.6 Å². The van der Waals surface area contributed by atoms with E-state index in [1.54, 1.807) is 0 Å². The van der Waals surface area contributed by atoms with Gasteiger partial charge in [-0.2, -0.15) is 0 Å². The Kier molecular flexibility index (Phi) is 9.00. The van der Waals surface area contributed by atoms with Crippen LogP contribution >= 0.6 is 0 Å². The molecule has 5 heteroatoms. The van der Waals surface area contributed by atoms with Gasteiger partial charge in [0.05, 0.1) is 40.3 Å². The maximum Gasteiger partial charge on any atom is 0.269 e. The van der Waals surface area contributed by atoms with E-state index < -0.39 is 18.1 Å². The Bertz CT molecular complexity index is 4620. The van der Waals surface area contributed by atoms with Crippen LogP contribution in [0.3, 0.4) is 0 Å². The van der Waals surface area contributed by atoms with E-state index in [4.69, 9.17) is 13.8 Å². The van der Waals surface area contributed by atoms with Crippen molar-refractivity contribution in [3.63, 3.8) is 0 Å². The number of nitrogens with zero attached hydrogens (tertiary/aromatic N) is 4. The molecule has 76 heavy (non-hydrogen) atoms. The molecule has 0 spiro atoms. The first-order valence-electron chi connectivity index (χ1n) is 28.7. The van der Waals surface area contributed by atoms with Crippen LogP contribution in [0.1, 0.15) is 78.4 Å². The average molecular weight is 988 g/mol. The Balaban J connectivity index is 0.987. The first-order valence-corrected chi connectivity index (χ1v) is 26.2. The Morgan fingerprint density at radius 1 is 0.553 bits per heavy atom. The standard InChI is InChI=1S/C71H58N4O/c1-69(2,3)46-36-37-72-66(38-46)75-62-29-16-15-27-54(62)55-33-32-49(40-65(55)75)76-48-23-19-22-47(39-48)73-44-74(64-31-18-17-30-63(64)73)68-50(45-20-9-8-10-21-45)34-35-57-51-24-11-12-25-52(51)58-41-60-61(71(6,7)43-70(60,4)5)42-59(58)53-26-13-14-28-56(53)67(57)68/h8-42H,43H2,1-7H3/i8D,9D,10D,20D,21D. The third-order valence-corrected chi connectivity index (χ3v) is 16.0. The van der Waals surface area contributed by atoms with E-state index in [1.165, 1.54) is 16.7 Å². The van der Waals surface area contributed by atoms with E-state index in [9.17, 15) is 2.74 Å². The molecule has 0 aliphatic heterocycles. The number of fused-ring (bicyclic) bond motifs is 13. The molecule has 0 N–H and O–H groups in total. The lowest BCUT2D eigenvalue weighted by atomic mass is 9.76. The van der Waals surface area contributed by atoms with Crippen molar-refractivity contribution in [2.75, 3.05) is 0 Å². The summed E-state index contributed by atoms with van der Waals surface area (Å²) in [5.74, 6) is 2.12. The maximum absolute atomic E-state index is 9.51. The average Bonchev–Trinajstić information content (AvgIpc) is 4.22. The van der Waals surface area contributed by atoms with E-state index in [1.807, 2.05) is 63.9 Å². The number of rotatable bonds is 6. The van der Waals surface area contributed by atoms with Gasteiger partial charge in [0.2, 0.25) is 0 Å². The van der Waals surface area contributed by atoms with Gasteiger partial charge < -0.3 is 4.74 Å². The molecule has 0 bridgehead atoms. The van der Waals surface area contributed by atoms with Crippen LogP contribution < -0.4 is 9.30 Å². The summed E-state index contributed by atoms with van der Waals surface area (Å²) in [5, 5.41) is 2.22. The van der Waals surface area contributed by atoms with Gasteiger partial charge in [-0.1, -0.05) is 188 Å². The van der Waals surface area contributed by atoms with Crippen LogP contribution in [0.25, 0.3) is 106 Å². The summed E-state index contributed by atoms with van der Waals surface area (Å²) in [6.07, 6.45) is 6.72. The van der Waals surface area contributed by atoms with E-state index in [-0.39, 0.29) is 33.9 Å². The summed E-state index contributed by atoms with van der Waals surface area (Å²) in [4.78, 5) is 4.90. The van der Waals surface area contributed by atoms with E-state index in [0.29, 0.717) is 22.7 Å². The molecule has 14 rings (SSSR count). The molecule has 3 aromatic heterocycles. The molecule has 2 aliphatic rings. The molecular formula is C71H58N4O. The zero-order valence-electron chi connectivity index (χ0n) is 48.7.